The van der Waals surface area contributed by atoms with E-state index in [0.717, 1.165) is 24.0 Å². The summed E-state index contributed by atoms with van der Waals surface area (Å²) in [5.41, 5.74) is 4.50. The maximum atomic E-state index is 12.2. The first-order valence-electron chi connectivity index (χ1n) is 8.41. The number of hydrogen-bond acceptors (Lipinski definition) is 4. The third-order valence-electron chi connectivity index (χ3n) is 3.83. The first-order chi connectivity index (χ1) is 13.9. The maximum absolute atomic E-state index is 12.2. The molecule has 3 aromatic carbocycles. The Balaban J connectivity index is 1.67. The fourth-order valence-corrected chi connectivity index (χ4v) is 4.93. The molecule has 148 valence electrons. The first-order valence-corrected chi connectivity index (χ1v) is 11.4. The molecule has 2 N–H and O–H groups in total. The fraction of sp³-hybridized carbons (Fsp3) is 0.0476. The summed E-state index contributed by atoms with van der Waals surface area (Å²) in [4.78, 5) is 12.2. The van der Waals surface area contributed by atoms with Crippen molar-refractivity contribution in [2.45, 2.75) is 6.61 Å². The number of amides is 1. The monoisotopic (exact) mass is 676 g/mol. The largest absolute Gasteiger partial charge is 0.507 e. The average Bonchev–Trinajstić information content (AvgIpc) is 2.70. The van der Waals surface area contributed by atoms with Crippen LogP contribution in [0.4, 0.5) is 0 Å². The van der Waals surface area contributed by atoms with Crippen LogP contribution >= 0.6 is 61.1 Å². The molecule has 0 radical (unpaired) electrons. The highest BCUT2D eigenvalue weighted by Gasteiger charge is 2.11. The van der Waals surface area contributed by atoms with Crippen LogP contribution in [0.15, 0.2) is 70.2 Å². The van der Waals surface area contributed by atoms with Gasteiger partial charge in [0.05, 0.1) is 18.9 Å². The third kappa shape index (κ3) is 6.16. The lowest BCUT2D eigenvalue weighted by molar-refractivity contribution is 0.0952. The normalized spacial score (nSPS) is 10.9. The third-order valence-corrected chi connectivity index (χ3v) is 5.93. The first kappa shape index (κ1) is 22.0. The van der Waals surface area contributed by atoms with Gasteiger partial charge < -0.3 is 9.84 Å². The number of nitrogens with zero attached hydrogens (tertiary/aromatic N) is 1. The van der Waals surface area contributed by atoms with Gasteiger partial charge in [0, 0.05) is 4.47 Å². The molecular weight excluding hydrogens is 662 g/mol. The molecular formula is C21H15BrI2N2O3. The molecule has 5 nitrogen and oxygen atoms in total. The van der Waals surface area contributed by atoms with Gasteiger partial charge in [-0.05, 0) is 86.6 Å². The number of phenolic OH excluding ortho intramolecular Hbond substituents is 1. The number of nitrogens with one attached hydrogen (secondary N) is 1. The molecule has 0 spiro atoms. The van der Waals surface area contributed by atoms with E-state index in [2.05, 4.69) is 71.6 Å². The van der Waals surface area contributed by atoms with E-state index >= 15 is 0 Å². The topological polar surface area (TPSA) is 70.9 Å². The van der Waals surface area contributed by atoms with Crippen molar-refractivity contribution >= 4 is 73.2 Å². The molecule has 29 heavy (non-hydrogen) atoms. The summed E-state index contributed by atoms with van der Waals surface area (Å²) in [6.07, 6.45) is 1.55. The molecule has 3 rings (SSSR count). The highest BCUT2D eigenvalue weighted by molar-refractivity contribution is 14.1. The lowest BCUT2D eigenvalue weighted by atomic mass is 10.2. The Morgan fingerprint density at radius 1 is 1.10 bits per heavy atom. The summed E-state index contributed by atoms with van der Waals surface area (Å²) in [5.74, 6) is 0.215. The van der Waals surface area contributed by atoms with Crippen LogP contribution in [0, 0.1) is 7.14 Å². The van der Waals surface area contributed by atoms with E-state index in [-0.39, 0.29) is 11.3 Å². The van der Waals surface area contributed by atoms with Gasteiger partial charge in [-0.15, -0.1) is 0 Å². The summed E-state index contributed by atoms with van der Waals surface area (Å²) in [6.45, 7) is 0.493. The maximum Gasteiger partial charge on any atom is 0.275 e. The molecule has 0 saturated heterocycles. The minimum atomic E-state index is -0.493. The number of hydrogen-bond donors (Lipinski definition) is 2. The Morgan fingerprint density at radius 3 is 2.48 bits per heavy atom. The molecule has 8 heteroatoms. The number of carbonyl (C=O) groups is 1. The molecule has 0 aromatic heterocycles. The van der Waals surface area contributed by atoms with E-state index in [4.69, 9.17) is 4.74 Å². The van der Waals surface area contributed by atoms with E-state index < -0.39 is 5.91 Å². The Kier molecular flexibility index (Phi) is 7.90. The predicted molar refractivity (Wildman–Crippen MR) is 134 cm³/mol. The van der Waals surface area contributed by atoms with Crippen LogP contribution in [0.3, 0.4) is 0 Å². The molecule has 0 bridgehead atoms. The van der Waals surface area contributed by atoms with Crippen molar-refractivity contribution in [3.05, 3.63) is 89.0 Å². The van der Waals surface area contributed by atoms with Crippen molar-refractivity contribution < 1.29 is 14.6 Å². The second-order valence-electron chi connectivity index (χ2n) is 5.95. The second-order valence-corrected chi connectivity index (χ2v) is 9.19. The average molecular weight is 677 g/mol. The van der Waals surface area contributed by atoms with Crippen molar-refractivity contribution in [3.8, 4) is 11.5 Å². The lowest BCUT2D eigenvalue weighted by Gasteiger charge is -2.11. The Hall–Kier alpha value is -1.66. The zero-order valence-electron chi connectivity index (χ0n) is 14.9. The Morgan fingerprint density at radius 2 is 1.79 bits per heavy atom. The number of hydrazone groups is 1. The highest BCUT2D eigenvalue weighted by atomic mass is 127. The number of benzene rings is 3. The molecule has 0 fully saturated rings. The van der Waals surface area contributed by atoms with Crippen LogP contribution in [0.5, 0.6) is 11.5 Å². The number of aromatic hydroxyl groups is 1. The van der Waals surface area contributed by atoms with E-state index in [1.54, 1.807) is 12.3 Å². The van der Waals surface area contributed by atoms with Crippen LogP contribution in [0.25, 0.3) is 0 Å². The predicted octanol–water partition coefficient (Wildman–Crippen LogP) is 5.71. The molecule has 0 aliphatic rings. The van der Waals surface area contributed by atoms with Crippen LogP contribution < -0.4 is 10.2 Å². The van der Waals surface area contributed by atoms with Gasteiger partial charge >= 0.3 is 0 Å². The van der Waals surface area contributed by atoms with Crippen molar-refractivity contribution in [1.29, 1.82) is 0 Å². The Labute approximate surface area is 204 Å². The number of halogens is 3. The highest BCUT2D eigenvalue weighted by Crippen LogP contribution is 2.29. The SMILES string of the molecule is O=C(N/N=C\c1cc(I)c(OCc2ccccc2)c(I)c1)c1cc(Br)ccc1O. The van der Waals surface area contributed by atoms with Crippen molar-refractivity contribution in [2.75, 3.05) is 0 Å². The minimum absolute atomic E-state index is 0.107. The standard InChI is InChI=1S/C21H15BrI2N2O3/c22-15-6-7-19(27)16(10-15)21(28)26-25-11-14-8-17(23)20(18(24)9-14)29-12-13-4-2-1-3-5-13/h1-11,27H,12H2,(H,26,28)/b25-11-. The van der Waals surface area contributed by atoms with Gasteiger partial charge in [0.1, 0.15) is 18.1 Å². The molecule has 0 heterocycles. The number of ether oxygens (including phenoxy) is 1. The summed E-state index contributed by atoms with van der Waals surface area (Å²) in [7, 11) is 0. The van der Waals surface area contributed by atoms with Gasteiger partial charge in [-0.1, -0.05) is 46.3 Å². The smallest absolute Gasteiger partial charge is 0.275 e. The number of phenols is 1. The van der Waals surface area contributed by atoms with Gasteiger partial charge in [-0.25, -0.2) is 5.43 Å². The summed E-state index contributed by atoms with van der Waals surface area (Å²) in [6, 6.07) is 18.5. The van der Waals surface area contributed by atoms with Crippen LogP contribution in [0.2, 0.25) is 0 Å². The van der Waals surface area contributed by atoms with Crippen molar-refractivity contribution in [3.63, 3.8) is 0 Å². The quantitative estimate of drug-likeness (QED) is 0.200. The molecule has 0 unspecified atom stereocenters. The lowest BCUT2D eigenvalue weighted by Crippen LogP contribution is -2.17. The summed E-state index contributed by atoms with van der Waals surface area (Å²) < 4.78 is 8.56. The Bertz CT molecular complexity index is 1040. The van der Waals surface area contributed by atoms with Gasteiger partial charge in [0.25, 0.3) is 5.91 Å². The fourth-order valence-electron chi connectivity index (χ4n) is 2.44. The number of rotatable bonds is 6. The second kappa shape index (κ2) is 10.4. The van der Waals surface area contributed by atoms with Crippen molar-refractivity contribution in [2.24, 2.45) is 5.10 Å². The van der Waals surface area contributed by atoms with Gasteiger partial charge in [-0.2, -0.15) is 5.10 Å². The van der Waals surface area contributed by atoms with E-state index in [1.807, 2.05) is 42.5 Å². The van der Waals surface area contributed by atoms with E-state index in [9.17, 15) is 9.90 Å². The number of carbonyl (C=O) groups excluding carboxylic acids is 1. The van der Waals surface area contributed by atoms with Gasteiger partial charge in [-0.3, -0.25) is 4.79 Å². The van der Waals surface area contributed by atoms with E-state index in [0.29, 0.717) is 11.1 Å². The molecule has 0 saturated carbocycles. The molecule has 0 aliphatic heterocycles. The summed E-state index contributed by atoms with van der Waals surface area (Å²) in [5, 5.41) is 13.8. The summed E-state index contributed by atoms with van der Waals surface area (Å²) >= 11 is 7.72. The van der Waals surface area contributed by atoms with Gasteiger partial charge in [0.15, 0.2) is 0 Å². The van der Waals surface area contributed by atoms with Crippen molar-refractivity contribution in [1.82, 2.24) is 5.43 Å². The molecule has 1 amide bonds. The zero-order chi connectivity index (χ0) is 20.8. The van der Waals surface area contributed by atoms with Crippen LogP contribution in [0.1, 0.15) is 21.5 Å². The zero-order valence-corrected chi connectivity index (χ0v) is 20.8. The van der Waals surface area contributed by atoms with Crippen LogP contribution in [-0.4, -0.2) is 17.2 Å². The van der Waals surface area contributed by atoms with E-state index in [1.165, 1.54) is 12.1 Å². The minimum Gasteiger partial charge on any atom is -0.507 e. The molecule has 0 aliphatic carbocycles. The molecule has 3 aromatic rings. The van der Waals surface area contributed by atoms with Crippen LogP contribution in [-0.2, 0) is 6.61 Å². The van der Waals surface area contributed by atoms with Gasteiger partial charge in [0.2, 0.25) is 0 Å². The molecule has 0 atom stereocenters.